The standard InChI is InChI=1S/C21H18N2O3S/c1-2-12-22-21-23-18(14-27-21)20(25)26-13-19(24)17-10-8-16(9-11-17)15-6-4-3-5-7-15/h2-11,14H,1,12-13H2,(H,22,23). The minimum Gasteiger partial charge on any atom is -0.453 e. The fraction of sp³-hybridized carbons (Fsp3) is 0.0952. The van der Waals surface area contributed by atoms with Crippen molar-refractivity contribution in [3.8, 4) is 11.1 Å². The Bertz CT molecular complexity index is 934. The normalized spacial score (nSPS) is 10.2. The first-order valence-corrected chi connectivity index (χ1v) is 9.21. The molecule has 0 saturated heterocycles. The number of Topliss-reactive ketones (excluding diaryl/α,β-unsaturated/α-hetero) is 1. The number of anilines is 1. The average molecular weight is 378 g/mol. The molecule has 27 heavy (non-hydrogen) atoms. The Morgan fingerprint density at radius 1 is 1.07 bits per heavy atom. The van der Waals surface area contributed by atoms with Gasteiger partial charge in [-0.25, -0.2) is 9.78 Å². The molecule has 1 heterocycles. The van der Waals surface area contributed by atoms with E-state index in [2.05, 4.69) is 16.9 Å². The van der Waals surface area contributed by atoms with Crippen LogP contribution in [0.2, 0.25) is 0 Å². The molecule has 1 aromatic heterocycles. The van der Waals surface area contributed by atoms with Crippen LogP contribution < -0.4 is 5.32 Å². The zero-order valence-corrected chi connectivity index (χ0v) is 15.4. The molecule has 6 heteroatoms. The second-order valence-corrected chi connectivity index (χ2v) is 6.51. The van der Waals surface area contributed by atoms with Crippen molar-refractivity contribution in [2.45, 2.75) is 0 Å². The number of benzene rings is 2. The monoisotopic (exact) mass is 378 g/mol. The molecule has 3 rings (SSSR count). The minimum atomic E-state index is -0.618. The van der Waals surface area contributed by atoms with E-state index in [9.17, 15) is 9.59 Å². The van der Waals surface area contributed by atoms with E-state index in [1.807, 2.05) is 42.5 Å². The van der Waals surface area contributed by atoms with Gasteiger partial charge in [0.15, 0.2) is 23.2 Å². The summed E-state index contributed by atoms with van der Waals surface area (Å²) < 4.78 is 5.08. The summed E-state index contributed by atoms with van der Waals surface area (Å²) in [5, 5.41) is 5.19. The van der Waals surface area contributed by atoms with E-state index in [0.29, 0.717) is 17.2 Å². The van der Waals surface area contributed by atoms with Crippen molar-refractivity contribution >= 4 is 28.2 Å². The number of rotatable bonds is 8. The van der Waals surface area contributed by atoms with Crippen LogP contribution in [0.1, 0.15) is 20.8 Å². The topological polar surface area (TPSA) is 68.3 Å². The fourth-order valence-corrected chi connectivity index (χ4v) is 3.07. The maximum Gasteiger partial charge on any atom is 0.358 e. The zero-order valence-electron chi connectivity index (χ0n) is 14.6. The summed E-state index contributed by atoms with van der Waals surface area (Å²) in [6.07, 6.45) is 1.70. The highest BCUT2D eigenvalue weighted by Crippen LogP contribution is 2.20. The molecule has 0 saturated carbocycles. The van der Waals surface area contributed by atoms with Crippen LogP contribution in [-0.4, -0.2) is 29.9 Å². The predicted octanol–water partition coefficient (Wildman–Crippen LogP) is 4.45. The number of carbonyl (C=O) groups is 2. The Hall–Kier alpha value is -3.25. The van der Waals surface area contributed by atoms with Crippen LogP contribution in [-0.2, 0) is 4.74 Å². The lowest BCUT2D eigenvalue weighted by atomic mass is 10.0. The third-order valence-corrected chi connectivity index (χ3v) is 4.56. The van der Waals surface area contributed by atoms with E-state index < -0.39 is 5.97 Å². The second kappa shape index (κ2) is 8.91. The molecule has 0 aliphatic rings. The molecular formula is C21H18N2O3S. The molecule has 0 unspecified atom stereocenters. The number of thiazole rings is 1. The highest BCUT2D eigenvalue weighted by Gasteiger charge is 2.15. The van der Waals surface area contributed by atoms with Gasteiger partial charge in [0.1, 0.15) is 0 Å². The zero-order chi connectivity index (χ0) is 19.1. The molecule has 0 aliphatic carbocycles. The predicted molar refractivity (Wildman–Crippen MR) is 107 cm³/mol. The van der Waals surface area contributed by atoms with Crippen LogP contribution in [0, 0.1) is 0 Å². The third-order valence-electron chi connectivity index (χ3n) is 3.76. The Morgan fingerprint density at radius 3 is 2.48 bits per heavy atom. The highest BCUT2D eigenvalue weighted by atomic mass is 32.1. The Balaban J connectivity index is 1.56. The number of nitrogens with zero attached hydrogens (tertiary/aromatic N) is 1. The molecule has 136 valence electrons. The van der Waals surface area contributed by atoms with Gasteiger partial charge in [-0.3, -0.25) is 4.79 Å². The van der Waals surface area contributed by atoms with Gasteiger partial charge in [0.25, 0.3) is 0 Å². The van der Waals surface area contributed by atoms with E-state index in [1.165, 1.54) is 11.3 Å². The Kier molecular flexibility index (Phi) is 6.12. The van der Waals surface area contributed by atoms with Crippen LogP contribution in [0.25, 0.3) is 11.1 Å². The SMILES string of the molecule is C=CCNc1nc(C(=O)OCC(=O)c2ccc(-c3ccccc3)cc2)cs1. The smallest absolute Gasteiger partial charge is 0.358 e. The molecule has 0 bridgehead atoms. The number of hydrogen-bond donors (Lipinski definition) is 1. The first-order chi connectivity index (χ1) is 13.2. The van der Waals surface area contributed by atoms with Gasteiger partial charge in [-0.15, -0.1) is 17.9 Å². The van der Waals surface area contributed by atoms with Crippen LogP contribution in [0.15, 0.2) is 72.6 Å². The Morgan fingerprint density at radius 2 is 1.78 bits per heavy atom. The minimum absolute atomic E-state index is 0.179. The average Bonchev–Trinajstić information content (AvgIpc) is 3.20. The van der Waals surface area contributed by atoms with E-state index in [0.717, 1.165) is 11.1 Å². The maximum atomic E-state index is 12.3. The van der Waals surface area contributed by atoms with Crippen molar-refractivity contribution in [3.63, 3.8) is 0 Å². The van der Waals surface area contributed by atoms with E-state index in [1.54, 1.807) is 23.6 Å². The van der Waals surface area contributed by atoms with Gasteiger partial charge >= 0.3 is 5.97 Å². The van der Waals surface area contributed by atoms with Crippen molar-refractivity contribution in [2.24, 2.45) is 0 Å². The lowest BCUT2D eigenvalue weighted by Gasteiger charge is -2.05. The largest absolute Gasteiger partial charge is 0.453 e. The quantitative estimate of drug-likeness (QED) is 0.356. The van der Waals surface area contributed by atoms with Crippen molar-refractivity contribution in [1.82, 2.24) is 4.98 Å². The summed E-state index contributed by atoms with van der Waals surface area (Å²) in [6, 6.07) is 17.1. The summed E-state index contributed by atoms with van der Waals surface area (Å²) >= 11 is 1.29. The first kappa shape index (κ1) is 18.5. The number of aromatic nitrogens is 1. The van der Waals surface area contributed by atoms with Crippen LogP contribution in [0.3, 0.4) is 0 Å². The number of carbonyl (C=O) groups excluding carboxylic acids is 2. The van der Waals surface area contributed by atoms with E-state index in [4.69, 9.17) is 4.74 Å². The molecule has 0 amide bonds. The van der Waals surface area contributed by atoms with Gasteiger partial charge in [-0.1, -0.05) is 60.7 Å². The summed E-state index contributed by atoms with van der Waals surface area (Å²) in [5.41, 5.74) is 2.77. The van der Waals surface area contributed by atoms with Crippen molar-refractivity contribution in [1.29, 1.82) is 0 Å². The number of ether oxygens (including phenoxy) is 1. The molecule has 0 spiro atoms. The van der Waals surface area contributed by atoms with Gasteiger partial charge in [-0.05, 0) is 11.1 Å². The van der Waals surface area contributed by atoms with Crippen molar-refractivity contribution < 1.29 is 14.3 Å². The van der Waals surface area contributed by atoms with Gasteiger partial charge in [0.05, 0.1) is 0 Å². The lowest BCUT2D eigenvalue weighted by molar-refractivity contribution is 0.0470. The third kappa shape index (κ3) is 4.89. The summed E-state index contributed by atoms with van der Waals surface area (Å²) in [7, 11) is 0. The van der Waals surface area contributed by atoms with Gasteiger partial charge in [0, 0.05) is 17.5 Å². The number of nitrogens with one attached hydrogen (secondary N) is 1. The van der Waals surface area contributed by atoms with Crippen LogP contribution in [0.5, 0.6) is 0 Å². The van der Waals surface area contributed by atoms with Crippen LogP contribution >= 0.6 is 11.3 Å². The van der Waals surface area contributed by atoms with E-state index >= 15 is 0 Å². The van der Waals surface area contributed by atoms with Crippen molar-refractivity contribution in [2.75, 3.05) is 18.5 Å². The molecule has 0 radical (unpaired) electrons. The van der Waals surface area contributed by atoms with Gasteiger partial charge in [0.2, 0.25) is 0 Å². The number of esters is 1. The molecule has 2 aromatic carbocycles. The van der Waals surface area contributed by atoms with E-state index in [-0.39, 0.29) is 18.1 Å². The Labute approximate surface area is 161 Å². The second-order valence-electron chi connectivity index (χ2n) is 5.65. The van der Waals surface area contributed by atoms with Crippen LogP contribution in [0.4, 0.5) is 5.13 Å². The highest BCUT2D eigenvalue weighted by molar-refractivity contribution is 7.13. The fourth-order valence-electron chi connectivity index (χ4n) is 2.38. The molecular weight excluding hydrogens is 360 g/mol. The molecule has 0 atom stereocenters. The maximum absolute atomic E-state index is 12.3. The summed E-state index contributed by atoms with van der Waals surface area (Å²) in [4.78, 5) is 28.4. The first-order valence-electron chi connectivity index (χ1n) is 8.33. The number of ketones is 1. The van der Waals surface area contributed by atoms with Gasteiger partial charge in [-0.2, -0.15) is 0 Å². The number of hydrogen-bond acceptors (Lipinski definition) is 6. The molecule has 0 aliphatic heterocycles. The molecule has 0 fully saturated rings. The molecule has 3 aromatic rings. The summed E-state index contributed by atoms with van der Waals surface area (Å²) in [5.74, 6) is -0.879. The van der Waals surface area contributed by atoms with Gasteiger partial charge < -0.3 is 10.1 Å². The summed E-state index contributed by atoms with van der Waals surface area (Å²) in [6.45, 7) is 3.84. The van der Waals surface area contributed by atoms with Crippen molar-refractivity contribution in [3.05, 3.63) is 83.9 Å². The molecule has 1 N–H and O–H groups in total. The lowest BCUT2D eigenvalue weighted by Crippen LogP contribution is -2.14. The molecule has 5 nitrogen and oxygen atoms in total.